The molecule has 0 radical (unpaired) electrons. The first-order chi connectivity index (χ1) is 11.1. The van der Waals surface area contributed by atoms with E-state index in [4.69, 9.17) is 0 Å². The third-order valence-electron chi connectivity index (χ3n) is 3.78. The van der Waals surface area contributed by atoms with Crippen LogP contribution < -0.4 is 5.32 Å². The molecular weight excluding hydrogens is 292 g/mol. The van der Waals surface area contributed by atoms with Crippen molar-refractivity contribution < 1.29 is 9.90 Å². The van der Waals surface area contributed by atoms with Gasteiger partial charge in [-0.25, -0.2) is 9.97 Å². The fourth-order valence-electron chi connectivity index (χ4n) is 2.52. The van der Waals surface area contributed by atoms with Crippen LogP contribution in [0.2, 0.25) is 0 Å². The summed E-state index contributed by atoms with van der Waals surface area (Å²) in [7, 11) is 0. The maximum atomic E-state index is 11.5. The predicted octanol–water partition coefficient (Wildman–Crippen LogP) is 2.05. The van der Waals surface area contributed by atoms with Crippen LogP contribution in [0, 0.1) is 6.92 Å². The number of hydrogen-bond donors (Lipinski definition) is 3. The topological polar surface area (TPSA) is 90.9 Å². The molecule has 2 aromatic heterocycles. The first-order valence-corrected chi connectivity index (χ1v) is 7.42. The van der Waals surface area contributed by atoms with Crippen LogP contribution in [0.1, 0.15) is 17.0 Å². The minimum Gasteiger partial charge on any atom is -0.480 e. The van der Waals surface area contributed by atoms with E-state index in [1.165, 1.54) is 0 Å². The molecule has 118 valence electrons. The Morgan fingerprint density at radius 1 is 1.30 bits per heavy atom. The number of carboxylic acid groups (broad SMARTS) is 1. The molecule has 0 aliphatic carbocycles. The van der Waals surface area contributed by atoms with Crippen LogP contribution in [0.3, 0.4) is 0 Å². The molecule has 3 aromatic rings. The Bertz CT molecular complexity index is 811. The quantitative estimate of drug-likeness (QED) is 0.648. The minimum absolute atomic E-state index is 0.409. The van der Waals surface area contributed by atoms with Gasteiger partial charge in [-0.2, -0.15) is 0 Å². The number of nitrogens with zero attached hydrogens (tertiary/aromatic N) is 2. The highest BCUT2D eigenvalue weighted by Gasteiger charge is 2.19. The van der Waals surface area contributed by atoms with Crippen molar-refractivity contribution in [3.63, 3.8) is 0 Å². The van der Waals surface area contributed by atoms with Crippen molar-refractivity contribution in [1.82, 2.24) is 20.3 Å². The van der Waals surface area contributed by atoms with Crippen LogP contribution in [0.15, 0.2) is 42.9 Å². The molecule has 0 saturated heterocycles. The summed E-state index contributed by atoms with van der Waals surface area (Å²) >= 11 is 0. The van der Waals surface area contributed by atoms with E-state index in [0.29, 0.717) is 18.8 Å². The lowest BCUT2D eigenvalue weighted by Gasteiger charge is -2.14. The van der Waals surface area contributed by atoms with Gasteiger partial charge in [-0.05, 0) is 18.6 Å². The molecule has 0 aliphatic rings. The second kappa shape index (κ2) is 6.58. The zero-order valence-electron chi connectivity index (χ0n) is 12.8. The number of aromatic nitrogens is 3. The normalized spacial score (nSPS) is 12.4. The van der Waals surface area contributed by atoms with Gasteiger partial charge in [-0.15, -0.1) is 0 Å². The second-order valence-electron chi connectivity index (χ2n) is 5.47. The number of para-hydroxylation sites is 1. The summed E-state index contributed by atoms with van der Waals surface area (Å²) in [5.74, 6) is -0.175. The van der Waals surface area contributed by atoms with E-state index in [-0.39, 0.29) is 0 Å². The number of rotatable bonds is 6. The molecule has 0 fully saturated rings. The van der Waals surface area contributed by atoms with Crippen molar-refractivity contribution in [3.8, 4) is 0 Å². The van der Waals surface area contributed by atoms with Crippen molar-refractivity contribution in [2.24, 2.45) is 0 Å². The third kappa shape index (κ3) is 3.54. The van der Waals surface area contributed by atoms with E-state index in [2.05, 4.69) is 20.3 Å². The fourth-order valence-corrected chi connectivity index (χ4v) is 2.52. The molecule has 0 aliphatic heterocycles. The van der Waals surface area contributed by atoms with Crippen molar-refractivity contribution in [2.45, 2.75) is 25.9 Å². The van der Waals surface area contributed by atoms with Gasteiger partial charge in [-0.3, -0.25) is 10.1 Å². The summed E-state index contributed by atoms with van der Waals surface area (Å²) in [6.07, 6.45) is 5.70. The van der Waals surface area contributed by atoms with Crippen LogP contribution in [-0.2, 0) is 17.8 Å². The summed E-state index contributed by atoms with van der Waals surface area (Å²) in [4.78, 5) is 22.9. The van der Waals surface area contributed by atoms with Crippen molar-refractivity contribution in [3.05, 3.63) is 59.8 Å². The summed E-state index contributed by atoms with van der Waals surface area (Å²) in [5, 5.41) is 13.6. The van der Waals surface area contributed by atoms with Crippen LogP contribution in [0.5, 0.6) is 0 Å². The minimum atomic E-state index is -0.872. The monoisotopic (exact) mass is 310 g/mol. The Morgan fingerprint density at radius 2 is 2.04 bits per heavy atom. The smallest absolute Gasteiger partial charge is 0.321 e. The van der Waals surface area contributed by atoms with Gasteiger partial charge in [0.05, 0.1) is 0 Å². The Kier molecular flexibility index (Phi) is 4.34. The lowest BCUT2D eigenvalue weighted by Crippen LogP contribution is -2.38. The Labute approximate surface area is 133 Å². The number of carbonyl (C=O) groups is 1. The summed E-state index contributed by atoms with van der Waals surface area (Å²) in [6.45, 7) is 2.23. The number of hydrogen-bond acceptors (Lipinski definition) is 4. The van der Waals surface area contributed by atoms with E-state index in [1.807, 2.05) is 37.4 Å². The van der Waals surface area contributed by atoms with Crippen LogP contribution >= 0.6 is 0 Å². The summed E-state index contributed by atoms with van der Waals surface area (Å²) in [6, 6.07) is 7.20. The molecule has 23 heavy (non-hydrogen) atoms. The predicted molar refractivity (Wildman–Crippen MR) is 87.0 cm³/mol. The van der Waals surface area contributed by atoms with E-state index < -0.39 is 12.0 Å². The highest BCUT2D eigenvalue weighted by Crippen LogP contribution is 2.19. The number of benzene rings is 1. The average Bonchev–Trinajstić information content (AvgIpc) is 2.96. The molecule has 0 amide bonds. The van der Waals surface area contributed by atoms with Gasteiger partial charge in [-0.1, -0.05) is 18.2 Å². The SMILES string of the molecule is Cc1ncc(CNC(Cc2c[nH]c3ccccc23)C(=O)O)cn1. The van der Waals surface area contributed by atoms with Gasteiger partial charge in [0.2, 0.25) is 0 Å². The molecule has 6 heteroatoms. The third-order valence-corrected chi connectivity index (χ3v) is 3.78. The van der Waals surface area contributed by atoms with Crippen molar-refractivity contribution in [2.75, 3.05) is 0 Å². The van der Waals surface area contributed by atoms with E-state index in [1.54, 1.807) is 12.4 Å². The molecule has 2 heterocycles. The molecule has 1 unspecified atom stereocenters. The fraction of sp³-hybridized carbons (Fsp3) is 0.235. The van der Waals surface area contributed by atoms with E-state index >= 15 is 0 Å². The van der Waals surface area contributed by atoms with E-state index in [0.717, 1.165) is 22.0 Å². The number of aryl methyl sites for hydroxylation is 1. The van der Waals surface area contributed by atoms with Crippen LogP contribution in [0.25, 0.3) is 10.9 Å². The molecule has 6 nitrogen and oxygen atoms in total. The number of H-pyrrole nitrogens is 1. The van der Waals surface area contributed by atoms with Gasteiger partial charge in [0.25, 0.3) is 0 Å². The first kappa shape index (κ1) is 15.2. The Balaban J connectivity index is 1.71. The lowest BCUT2D eigenvalue weighted by molar-refractivity contribution is -0.139. The van der Waals surface area contributed by atoms with Gasteiger partial charge >= 0.3 is 5.97 Å². The van der Waals surface area contributed by atoms with Gasteiger partial charge < -0.3 is 10.1 Å². The summed E-state index contributed by atoms with van der Waals surface area (Å²) < 4.78 is 0. The number of aliphatic carboxylic acids is 1. The maximum absolute atomic E-state index is 11.5. The number of carboxylic acids is 1. The number of nitrogens with one attached hydrogen (secondary N) is 2. The number of fused-ring (bicyclic) bond motifs is 1. The molecule has 0 saturated carbocycles. The second-order valence-corrected chi connectivity index (χ2v) is 5.47. The highest BCUT2D eigenvalue weighted by atomic mass is 16.4. The zero-order valence-corrected chi connectivity index (χ0v) is 12.8. The largest absolute Gasteiger partial charge is 0.480 e. The molecule has 3 rings (SSSR count). The molecule has 1 atom stereocenters. The molecule has 3 N–H and O–H groups in total. The van der Waals surface area contributed by atoms with Gasteiger partial charge in [0.15, 0.2) is 0 Å². The average molecular weight is 310 g/mol. The standard InChI is InChI=1S/C17H18N4O2/c1-11-18-7-12(8-19-11)9-20-16(17(22)23)6-13-10-21-15-5-3-2-4-14(13)15/h2-5,7-8,10,16,20-21H,6,9H2,1H3,(H,22,23). The molecule has 0 bridgehead atoms. The van der Waals surface area contributed by atoms with Crippen molar-refractivity contribution >= 4 is 16.9 Å². The Hall–Kier alpha value is -2.73. The van der Waals surface area contributed by atoms with Crippen molar-refractivity contribution in [1.29, 1.82) is 0 Å². The van der Waals surface area contributed by atoms with Crippen LogP contribution in [0.4, 0.5) is 0 Å². The van der Waals surface area contributed by atoms with E-state index in [9.17, 15) is 9.90 Å². The molecular formula is C17H18N4O2. The lowest BCUT2D eigenvalue weighted by atomic mass is 10.0. The number of aromatic amines is 1. The maximum Gasteiger partial charge on any atom is 0.321 e. The van der Waals surface area contributed by atoms with Gasteiger partial charge in [0, 0.05) is 48.0 Å². The molecule has 1 aromatic carbocycles. The highest BCUT2D eigenvalue weighted by molar-refractivity contribution is 5.84. The molecule has 0 spiro atoms. The first-order valence-electron chi connectivity index (χ1n) is 7.42. The van der Waals surface area contributed by atoms with Crippen LogP contribution in [-0.4, -0.2) is 32.1 Å². The summed E-state index contributed by atoms with van der Waals surface area (Å²) in [5.41, 5.74) is 2.86. The Morgan fingerprint density at radius 3 is 2.78 bits per heavy atom. The zero-order chi connectivity index (χ0) is 16.2. The van der Waals surface area contributed by atoms with Gasteiger partial charge in [0.1, 0.15) is 11.9 Å².